The first-order valence-corrected chi connectivity index (χ1v) is 11.9. The zero-order valence-electron chi connectivity index (χ0n) is 18.5. The van der Waals surface area contributed by atoms with Crippen LogP contribution in [0.15, 0.2) is 47.4 Å². The molecule has 0 aromatic heterocycles. The summed E-state index contributed by atoms with van der Waals surface area (Å²) in [6.45, 7) is 3.72. The second-order valence-electron chi connectivity index (χ2n) is 7.82. The molecule has 0 saturated carbocycles. The maximum atomic E-state index is 13.3. The number of rotatable bonds is 7. The van der Waals surface area contributed by atoms with Gasteiger partial charge in [-0.25, -0.2) is 13.2 Å². The SMILES string of the molecule is COc1ccc(C(=O)OCC(=O)Nc2ccc(C)cc2)cc1S(=O)(=O)N1CCCC[C@@H]1C. The van der Waals surface area contributed by atoms with Crippen LogP contribution in [0.3, 0.4) is 0 Å². The summed E-state index contributed by atoms with van der Waals surface area (Å²) >= 11 is 0. The van der Waals surface area contributed by atoms with Gasteiger partial charge in [0, 0.05) is 18.3 Å². The molecule has 0 radical (unpaired) electrons. The Kier molecular flexibility index (Phi) is 7.52. The molecule has 3 rings (SSSR count). The lowest BCUT2D eigenvalue weighted by atomic mass is 10.1. The molecule has 0 spiro atoms. The van der Waals surface area contributed by atoms with Crippen molar-refractivity contribution in [3.63, 3.8) is 0 Å². The van der Waals surface area contributed by atoms with Crippen molar-refractivity contribution in [2.24, 2.45) is 0 Å². The summed E-state index contributed by atoms with van der Waals surface area (Å²) in [6.07, 6.45) is 2.53. The van der Waals surface area contributed by atoms with E-state index in [4.69, 9.17) is 9.47 Å². The monoisotopic (exact) mass is 460 g/mol. The highest BCUT2D eigenvalue weighted by molar-refractivity contribution is 7.89. The predicted octanol–water partition coefficient (Wildman–Crippen LogP) is 3.36. The van der Waals surface area contributed by atoms with Crippen molar-refractivity contribution in [3.05, 3.63) is 53.6 Å². The first-order chi connectivity index (χ1) is 15.2. The molecular weight excluding hydrogens is 432 g/mol. The highest BCUT2D eigenvalue weighted by Gasteiger charge is 2.33. The van der Waals surface area contributed by atoms with Crippen molar-refractivity contribution in [2.75, 3.05) is 25.6 Å². The molecule has 1 aliphatic rings. The van der Waals surface area contributed by atoms with Gasteiger partial charge >= 0.3 is 5.97 Å². The molecule has 1 amide bonds. The molecule has 0 unspecified atom stereocenters. The standard InChI is InChI=1S/C23H28N2O6S/c1-16-7-10-19(11-8-16)24-22(26)15-31-23(27)18-9-12-20(30-3)21(14-18)32(28,29)25-13-5-4-6-17(25)2/h7-12,14,17H,4-6,13,15H2,1-3H3,(H,24,26)/t17-/m0/s1. The van der Waals surface area contributed by atoms with Crippen molar-refractivity contribution in [1.29, 1.82) is 0 Å². The summed E-state index contributed by atoms with van der Waals surface area (Å²) in [5, 5.41) is 2.64. The molecular formula is C23H28N2O6S. The number of methoxy groups -OCH3 is 1. The van der Waals surface area contributed by atoms with Crippen LogP contribution in [0.4, 0.5) is 5.69 Å². The van der Waals surface area contributed by atoms with Gasteiger partial charge in [0.1, 0.15) is 10.6 Å². The Bertz CT molecular complexity index is 1080. The van der Waals surface area contributed by atoms with Crippen molar-refractivity contribution in [3.8, 4) is 5.75 Å². The topological polar surface area (TPSA) is 102 Å². The smallest absolute Gasteiger partial charge is 0.338 e. The van der Waals surface area contributed by atoms with Gasteiger partial charge in [0.15, 0.2) is 6.61 Å². The first-order valence-electron chi connectivity index (χ1n) is 10.5. The van der Waals surface area contributed by atoms with Crippen LogP contribution in [0, 0.1) is 6.92 Å². The fourth-order valence-electron chi connectivity index (χ4n) is 3.61. The lowest BCUT2D eigenvalue weighted by Crippen LogP contribution is -2.42. The Hall–Kier alpha value is -2.91. The number of benzene rings is 2. The van der Waals surface area contributed by atoms with Crippen molar-refractivity contribution in [2.45, 2.75) is 44.0 Å². The fourth-order valence-corrected chi connectivity index (χ4v) is 5.49. The Labute approximate surface area is 188 Å². The molecule has 1 fully saturated rings. The van der Waals surface area contributed by atoms with E-state index in [0.717, 1.165) is 24.8 Å². The molecule has 1 atom stereocenters. The van der Waals surface area contributed by atoms with E-state index in [-0.39, 0.29) is 22.3 Å². The summed E-state index contributed by atoms with van der Waals surface area (Å²) < 4.78 is 38.3. The van der Waals surface area contributed by atoms with Gasteiger partial charge in [-0.15, -0.1) is 0 Å². The number of hydrogen-bond acceptors (Lipinski definition) is 6. The van der Waals surface area contributed by atoms with E-state index >= 15 is 0 Å². The summed E-state index contributed by atoms with van der Waals surface area (Å²) in [5.41, 5.74) is 1.67. The van der Waals surface area contributed by atoms with Gasteiger partial charge in [-0.05, 0) is 57.0 Å². The lowest BCUT2D eigenvalue weighted by molar-refractivity contribution is -0.119. The molecule has 1 saturated heterocycles. The van der Waals surface area contributed by atoms with Crippen LogP contribution in [-0.2, 0) is 19.6 Å². The highest BCUT2D eigenvalue weighted by atomic mass is 32.2. The largest absolute Gasteiger partial charge is 0.495 e. The molecule has 2 aromatic rings. The lowest BCUT2D eigenvalue weighted by Gasteiger charge is -2.32. The third kappa shape index (κ3) is 5.46. The zero-order valence-corrected chi connectivity index (χ0v) is 19.3. The number of nitrogens with one attached hydrogen (secondary N) is 1. The molecule has 1 N–H and O–H groups in total. The van der Waals surface area contributed by atoms with E-state index in [0.29, 0.717) is 12.2 Å². The number of esters is 1. The van der Waals surface area contributed by atoms with Crippen LogP contribution in [0.2, 0.25) is 0 Å². The fraction of sp³-hybridized carbons (Fsp3) is 0.391. The summed E-state index contributed by atoms with van der Waals surface area (Å²) in [7, 11) is -2.49. The van der Waals surface area contributed by atoms with E-state index in [1.54, 1.807) is 12.1 Å². The van der Waals surface area contributed by atoms with Crippen molar-refractivity contribution < 1.29 is 27.5 Å². The normalized spacial score (nSPS) is 16.9. The van der Waals surface area contributed by atoms with E-state index in [1.807, 2.05) is 26.0 Å². The summed E-state index contributed by atoms with van der Waals surface area (Å²) in [4.78, 5) is 24.5. The molecule has 9 heteroatoms. The molecule has 0 aliphatic carbocycles. The molecule has 1 aliphatic heterocycles. The van der Waals surface area contributed by atoms with Crippen LogP contribution >= 0.6 is 0 Å². The quantitative estimate of drug-likeness (QED) is 0.636. The predicted molar refractivity (Wildman–Crippen MR) is 120 cm³/mol. The molecule has 1 heterocycles. The number of sulfonamides is 1. The molecule has 172 valence electrons. The van der Waals surface area contributed by atoms with E-state index < -0.39 is 28.5 Å². The number of carbonyl (C=O) groups is 2. The number of hydrogen-bond donors (Lipinski definition) is 1. The maximum Gasteiger partial charge on any atom is 0.338 e. The number of carbonyl (C=O) groups excluding carboxylic acids is 2. The number of piperidine rings is 1. The van der Waals surface area contributed by atoms with Crippen LogP contribution in [0.25, 0.3) is 0 Å². The van der Waals surface area contributed by atoms with E-state index in [2.05, 4.69) is 5.32 Å². The Morgan fingerprint density at radius 1 is 1.12 bits per heavy atom. The van der Waals surface area contributed by atoms with Gasteiger partial charge < -0.3 is 14.8 Å². The first kappa shape index (κ1) is 23.7. The van der Waals surface area contributed by atoms with Crippen LogP contribution in [0.5, 0.6) is 5.75 Å². The second-order valence-corrected chi connectivity index (χ2v) is 9.68. The van der Waals surface area contributed by atoms with Gasteiger partial charge in [0.25, 0.3) is 5.91 Å². The minimum Gasteiger partial charge on any atom is -0.495 e. The van der Waals surface area contributed by atoms with E-state index in [9.17, 15) is 18.0 Å². The molecule has 2 aromatic carbocycles. The van der Waals surface area contributed by atoms with Crippen molar-refractivity contribution in [1.82, 2.24) is 4.31 Å². The minimum absolute atomic E-state index is 0.0252. The Morgan fingerprint density at radius 3 is 2.50 bits per heavy atom. The van der Waals surface area contributed by atoms with E-state index in [1.165, 1.54) is 29.6 Å². The van der Waals surface area contributed by atoms with Crippen molar-refractivity contribution >= 4 is 27.6 Å². The number of aryl methyl sites for hydroxylation is 1. The number of amides is 1. The summed E-state index contributed by atoms with van der Waals surface area (Å²) in [6, 6.07) is 11.1. The molecule has 8 nitrogen and oxygen atoms in total. The zero-order chi connectivity index (χ0) is 23.3. The van der Waals surface area contributed by atoms with Gasteiger partial charge in [0.2, 0.25) is 10.0 Å². The number of nitrogens with zero attached hydrogens (tertiary/aromatic N) is 1. The van der Waals surface area contributed by atoms with Gasteiger partial charge in [-0.2, -0.15) is 4.31 Å². The Morgan fingerprint density at radius 2 is 1.84 bits per heavy atom. The van der Waals surface area contributed by atoms with Gasteiger partial charge in [0.05, 0.1) is 12.7 Å². The second kappa shape index (κ2) is 10.1. The number of anilines is 1. The van der Waals surface area contributed by atoms with Crippen LogP contribution < -0.4 is 10.1 Å². The van der Waals surface area contributed by atoms with Gasteiger partial charge in [-0.1, -0.05) is 24.1 Å². The average Bonchev–Trinajstić information content (AvgIpc) is 2.78. The Balaban J connectivity index is 1.73. The maximum absolute atomic E-state index is 13.3. The minimum atomic E-state index is -3.86. The number of ether oxygens (including phenoxy) is 2. The van der Waals surface area contributed by atoms with Gasteiger partial charge in [-0.3, -0.25) is 4.79 Å². The molecule has 32 heavy (non-hydrogen) atoms. The molecule has 0 bridgehead atoms. The highest BCUT2D eigenvalue weighted by Crippen LogP contribution is 2.31. The third-order valence-corrected chi connectivity index (χ3v) is 7.43. The average molecular weight is 461 g/mol. The summed E-state index contributed by atoms with van der Waals surface area (Å²) in [5.74, 6) is -1.14. The third-order valence-electron chi connectivity index (χ3n) is 5.40. The van der Waals surface area contributed by atoms with Crippen LogP contribution in [0.1, 0.15) is 42.1 Å². The van der Waals surface area contributed by atoms with Crippen LogP contribution in [-0.4, -0.2) is 50.9 Å².